The second kappa shape index (κ2) is 10.0. The van der Waals surface area contributed by atoms with Crippen molar-refractivity contribution in [2.45, 2.75) is 38.4 Å². The Morgan fingerprint density at radius 1 is 1.08 bits per heavy atom. The maximum absolute atomic E-state index is 13.1. The molecule has 0 unspecified atom stereocenters. The molecule has 9 nitrogen and oxygen atoms in total. The first-order valence-electron chi connectivity index (χ1n) is 12.7. The number of nitrogen functional groups attached to an aromatic ring is 1. The smallest absolute Gasteiger partial charge is 0.271 e. The fraction of sp³-hybridized carbons (Fsp3) is 0.241. The third kappa shape index (κ3) is 4.95. The van der Waals surface area contributed by atoms with Crippen molar-refractivity contribution in [3.63, 3.8) is 0 Å². The number of rotatable bonds is 9. The van der Waals surface area contributed by atoms with Crippen molar-refractivity contribution < 1.29 is 9.53 Å². The van der Waals surface area contributed by atoms with Gasteiger partial charge in [0.25, 0.3) is 5.91 Å². The first-order chi connectivity index (χ1) is 18.6. The van der Waals surface area contributed by atoms with E-state index in [1.165, 1.54) is 5.56 Å². The lowest BCUT2D eigenvalue weighted by Crippen LogP contribution is -2.23. The van der Waals surface area contributed by atoms with E-state index in [2.05, 4.69) is 44.2 Å². The summed E-state index contributed by atoms with van der Waals surface area (Å²) < 4.78 is 9.55. The van der Waals surface area contributed by atoms with E-state index in [-0.39, 0.29) is 5.91 Å². The van der Waals surface area contributed by atoms with E-state index >= 15 is 0 Å². The van der Waals surface area contributed by atoms with Crippen molar-refractivity contribution >= 4 is 22.5 Å². The highest BCUT2D eigenvalue weighted by Crippen LogP contribution is 2.39. The maximum atomic E-state index is 13.1. The summed E-state index contributed by atoms with van der Waals surface area (Å²) in [6.45, 7) is 1.76. The minimum Gasteiger partial charge on any atom is -0.496 e. The van der Waals surface area contributed by atoms with Crippen molar-refractivity contribution in [1.82, 2.24) is 29.6 Å². The lowest BCUT2D eigenvalue weighted by molar-refractivity contribution is 0.0946. The van der Waals surface area contributed by atoms with Crippen LogP contribution in [-0.2, 0) is 19.6 Å². The molecule has 1 aliphatic carbocycles. The zero-order valence-corrected chi connectivity index (χ0v) is 21.2. The number of methoxy groups -OCH3 is 1. The number of nitrogens with zero attached hydrogens (tertiary/aromatic N) is 5. The van der Waals surface area contributed by atoms with E-state index in [0.717, 1.165) is 47.1 Å². The normalized spacial score (nSPS) is 13.1. The third-order valence-corrected chi connectivity index (χ3v) is 6.85. The molecule has 2 aromatic carbocycles. The second-order valence-corrected chi connectivity index (χ2v) is 9.68. The van der Waals surface area contributed by atoms with Gasteiger partial charge in [-0.15, -0.1) is 0 Å². The lowest BCUT2D eigenvalue weighted by Gasteiger charge is -2.11. The van der Waals surface area contributed by atoms with Gasteiger partial charge in [0.05, 0.1) is 19.0 Å². The number of carbonyl (C=O) groups excluding carboxylic acids is 1. The quantitative estimate of drug-likeness (QED) is 0.310. The minimum atomic E-state index is -0.200. The zero-order chi connectivity index (χ0) is 26.1. The molecular weight excluding hydrogens is 478 g/mol. The minimum absolute atomic E-state index is 0.200. The molecule has 1 aliphatic rings. The van der Waals surface area contributed by atoms with Crippen LogP contribution in [0.5, 0.6) is 5.75 Å². The number of hydrogen-bond donors (Lipinski definition) is 2. The molecule has 6 rings (SSSR count). The van der Waals surface area contributed by atoms with Gasteiger partial charge in [-0.05, 0) is 59.2 Å². The Bertz CT molecular complexity index is 1590. The summed E-state index contributed by atoms with van der Waals surface area (Å²) in [6.07, 6.45) is 9.49. The highest BCUT2D eigenvalue weighted by molar-refractivity contribution is 5.97. The summed E-state index contributed by atoms with van der Waals surface area (Å²) in [6, 6.07) is 16.2. The van der Waals surface area contributed by atoms with Gasteiger partial charge < -0.3 is 20.4 Å². The highest BCUT2D eigenvalue weighted by atomic mass is 16.5. The number of nitrogens with one attached hydrogen (secondary N) is 1. The summed E-state index contributed by atoms with van der Waals surface area (Å²) >= 11 is 0. The Kier molecular flexibility index (Phi) is 6.25. The van der Waals surface area contributed by atoms with Crippen LogP contribution in [0.3, 0.4) is 0 Å². The number of anilines is 1. The van der Waals surface area contributed by atoms with E-state index in [1.54, 1.807) is 19.5 Å². The fourth-order valence-corrected chi connectivity index (χ4v) is 4.76. The Balaban J connectivity index is 1.16. The summed E-state index contributed by atoms with van der Waals surface area (Å²) in [7, 11) is 1.60. The molecule has 3 N–H and O–H groups in total. The standard InChI is InChI=1S/C29H29N7O2/c1-38-25-14-21(13-23-9-11-31-27(30)26(23)25)15-32-29(37)24-18-35(28(34-24)22-7-8-22)16-19-3-5-20(6-4-19)17-36-12-2-10-33-36/h2-6,9-14,18,22H,7-8,15-17H2,1H3,(H2,30,31)(H,32,37). The Hall–Kier alpha value is -4.66. The van der Waals surface area contributed by atoms with Gasteiger partial charge in [-0.25, -0.2) is 9.97 Å². The molecule has 192 valence electrons. The average Bonchev–Trinajstić information content (AvgIpc) is 3.48. The predicted octanol–water partition coefficient (Wildman–Crippen LogP) is 4.12. The summed E-state index contributed by atoms with van der Waals surface area (Å²) in [4.78, 5) is 22.0. The number of carbonyl (C=O) groups is 1. The van der Waals surface area contributed by atoms with Crippen LogP contribution in [0.25, 0.3) is 10.8 Å². The topological polar surface area (TPSA) is 113 Å². The predicted molar refractivity (Wildman–Crippen MR) is 145 cm³/mol. The first-order valence-corrected chi connectivity index (χ1v) is 12.7. The molecule has 9 heteroatoms. The van der Waals surface area contributed by atoms with Crippen molar-refractivity contribution in [2.75, 3.05) is 12.8 Å². The Morgan fingerprint density at radius 2 is 1.87 bits per heavy atom. The number of benzene rings is 2. The molecule has 0 aliphatic heterocycles. The number of pyridine rings is 1. The Morgan fingerprint density at radius 3 is 2.58 bits per heavy atom. The number of amides is 1. The zero-order valence-electron chi connectivity index (χ0n) is 21.2. The van der Waals surface area contributed by atoms with Gasteiger partial charge in [-0.1, -0.05) is 24.3 Å². The number of nitrogens with two attached hydrogens (primary N) is 1. The van der Waals surface area contributed by atoms with E-state index in [1.807, 2.05) is 41.3 Å². The van der Waals surface area contributed by atoms with Gasteiger partial charge in [0.2, 0.25) is 0 Å². The van der Waals surface area contributed by atoms with E-state index in [4.69, 9.17) is 15.5 Å². The number of hydrogen-bond acceptors (Lipinski definition) is 6. The van der Waals surface area contributed by atoms with Crippen molar-refractivity contribution in [1.29, 1.82) is 0 Å². The molecule has 0 saturated heterocycles. The SMILES string of the molecule is COc1cc(CNC(=O)c2cn(Cc3ccc(Cn4cccn4)cc3)c(C3CC3)n2)cc2ccnc(N)c12. The first kappa shape index (κ1) is 23.7. The lowest BCUT2D eigenvalue weighted by atomic mass is 10.1. The molecule has 0 spiro atoms. The summed E-state index contributed by atoms with van der Waals surface area (Å²) in [5, 5.41) is 8.97. The van der Waals surface area contributed by atoms with Gasteiger partial charge in [-0.2, -0.15) is 5.10 Å². The highest BCUT2D eigenvalue weighted by Gasteiger charge is 2.30. The van der Waals surface area contributed by atoms with Crippen LogP contribution in [0.15, 0.2) is 73.3 Å². The van der Waals surface area contributed by atoms with Crippen molar-refractivity contribution in [3.05, 3.63) is 102 Å². The van der Waals surface area contributed by atoms with E-state index < -0.39 is 0 Å². The van der Waals surface area contributed by atoms with Gasteiger partial charge in [-0.3, -0.25) is 9.48 Å². The van der Waals surface area contributed by atoms with Crippen LogP contribution < -0.4 is 15.8 Å². The monoisotopic (exact) mass is 507 g/mol. The largest absolute Gasteiger partial charge is 0.496 e. The molecule has 0 bridgehead atoms. The molecular formula is C29H29N7O2. The molecule has 5 aromatic rings. The number of fused-ring (bicyclic) bond motifs is 1. The molecule has 1 amide bonds. The maximum Gasteiger partial charge on any atom is 0.271 e. The molecule has 0 radical (unpaired) electrons. The van der Waals surface area contributed by atoms with Gasteiger partial charge >= 0.3 is 0 Å². The van der Waals surface area contributed by atoms with E-state index in [9.17, 15) is 4.79 Å². The fourth-order valence-electron chi connectivity index (χ4n) is 4.76. The van der Waals surface area contributed by atoms with Crippen LogP contribution in [0.2, 0.25) is 0 Å². The van der Waals surface area contributed by atoms with Gasteiger partial charge in [0.15, 0.2) is 0 Å². The number of aromatic nitrogens is 5. The summed E-state index contributed by atoms with van der Waals surface area (Å²) in [5.41, 5.74) is 9.74. The van der Waals surface area contributed by atoms with Crippen LogP contribution in [-0.4, -0.2) is 37.3 Å². The molecule has 38 heavy (non-hydrogen) atoms. The van der Waals surface area contributed by atoms with Gasteiger partial charge in [0, 0.05) is 43.8 Å². The number of imidazole rings is 1. The van der Waals surface area contributed by atoms with Crippen LogP contribution in [0, 0.1) is 0 Å². The summed E-state index contributed by atoms with van der Waals surface area (Å²) in [5.74, 6) is 2.24. The van der Waals surface area contributed by atoms with Crippen LogP contribution >= 0.6 is 0 Å². The van der Waals surface area contributed by atoms with E-state index in [0.29, 0.717) is 36.3 Å². The average molecular weight is 508 g/mol. The van der Waals surface area contributed by atoms with Crippen molar-refractivity contribution in [2.24, 2.45) is 0 Å². The van der Waals surface area contributed by atoms with Crippen molar-refractivity contribution in [3.8, 4) is 5.75 Å². The molecule has 3 aromatic heterocycles. The Labute approximate surface area is 220 Å². The molecule has 1 saturated carbocycles. The molecule has 3 heterocycles. The molecule has 1 fully saturated rings. The van der Waals surface area contributed by atoms with Crippen LogP contribution in [0.4, 0.5) is 5.82 Å². The molecule has 0 atom stereocenters. The third-order valence-electron chi connectivity index (χ3n) is 6.85. The second-order valence-electron chi connectivity index (χ2n) is 9.68. The number of ether oxygens (including phenoxy) is 1. The van der Waals surface area contributed by atoms with Crippen LogP contribution in [0.1, 0.15) is 51.8 Å². The van der Waals surface area contributed by atoms with Gasteiger partial charge in [0.1, 0.15) is 23.1 Å².